The summed E-state index contributed by atoms with van der Waals surface area (Å²) in [5, 5.41) is 5.37. The lowest BCUT2D eigenvalue weighted by atomic mass is 10.1. The summed E-state index contributed by atoms with van der Waals surface area (Å²) in [6, 6.07) is 19.5. The minimum atomic E-state index is -0.515. The molecule has 0 saturated carbocycles. The van der Waals surface area contributed by atoms with Crippen molar-refractivity contribution >= 4 is 34.2 Å². The smallest absolute Gasteiger partial charge is 0.279 e. The van der Waals surface area contributed by atoms with Crippen LogP contribution >= 0.6 is 11.6 Å². The van der Waals surface area contributed by atoms with Gasteiger partial charge in [-0.25, -0.2) is 4.39 Å². The van der Waals surface area contributed by atoms with E-state index in [2.05, 4.69) is 5.10 Å². The van der Waals surface area contributed by atoms with Gasteiger partial charge in [-0.05, 0) is 36.4 Å². The van der Waals surface area contributed by atoms with Crippen molar-refractivity contribution < 1.29 is 14.0 Å². The number of hydrogen-bond acceptors (Lipinski definition) is 4. The predicted molar refractivity (Wildman–Crippen MR) is 131 cm³/mol. The Morgan fingerprint density at radius 1 is 0.800 bits per heavy atom. The zero-order valence-electron chi connectivity index (χ0n) is 18.5. The molecular formula is C26H20ClFN4O3. The van der Waals surface area contributed by atoms with Crippen LogP contribution in [0.5, 0.6) is 0 Å². The SMILES string of the molecule is O=C(c1ccc(F)cc1Cl)N1CCN(C(=O)c2nn(-c3ccccc3)c(=O)c3ccccc23)CC1. The number of rotatable bonds is 3. The number of nitrogens with zero attached hydrogens (tertiary/aromatic N) is 4. The lowest BCUT2D eigenvalue weighted by molar-refractivity contribution is 0.0532. The van der Waals surface area contributed by atoms with Gasteiger partial charge in [0, 0.05) is 31.6 Å². The van der Waals surface area contributed by atoms with E-state index < -0.39 is 5.82 Å². The van der Waals surface area contributed by atoms with Crippen molar-refractivity contribution in [1.29, 1.82) is 0 Å². The molecule has 35 heavy (non-hydrogen) atoms. The highest BCUT2D eigenvalue weighted by Gasteiger charge is 2.29. The van der Waals surface area contributed by atoms with Crippen LogP contribution < -0.4 is 5.56 Å². The number of halogens is 2. The van der Waals surface area contributed by atoms with E-state index in [0.29, 0.717) is 16.5 Å². The van der Waals surface area contributed by atoms with E-state index in [0.717, 1.165) is 6.07 Å². The van der Waals surface area contributed by atoms with Crippen LogP contribution in [0.15, 0.2) is 77.6 Å². The third-order valence-corrected chi connectivity index (χ3v) is 6.34. The molecule has 0 N–H and O–H groups in total. The molecule has 0 bridgehead atoms. The molecule has 2 amide bonds. The zero-order valence-corrected chi connectivity index (χ0v) is 19.3. The number of amides is 2. The van der Waals surface area contributed by atoms with Crippen molar-refractivity contribution in [2.24, 2.45) is 0 Å². The Labute approximate surface area is 205 Å². The molecular weight excluding hydrogens is 471 g/mol. The summed E-state index contributed by atoms with van der Waals surface area (Å²) in [4.78, 5) is 42.7. The Hall–Kier alpha value is -4.04. The molecule has 1 saturated heterocycles. The van der Waals surface area contributed by atoms with Crippen LogP contribution in [0.1, 0.15) is 20.8 Å². The summed E-state index contributed by atoms with van der Waals surface area (Å²) in [5.41, 5.74) is 0.639. The molecule has 7 nitrogen and oxygen atoms in total. The highest BCUT2D eigenvalue weighted by atomic mass is 35.5. The molecule has 1 aliphatic heterocycles. The van der Waals surface area contributed by atoms with Crippen LogP contribution in [0.3, 0.4) is 0 Å². The number of fused-ring (bicyclic) bond motifs is 1. The fourth-order valence-corrected chi connectivity index (χ4v) is 4.44. The quantitative estimate of drug-likeness (QED) is 0.438. The number of carbonyl (C=O) groups is 2. The number of benzene rings is 3. The summed E-state index contributed by atoms with van der Waals surface area (Å²) < 4.78 is 14.6. The van der Waals surface area contributed by atoms with Crippen molar-refractivity contribution in [3.8, 4) is 5.69 Å². The molecule has 4 aromatic rings. The second kappa shape index (κ2) is 9.31. The Bertz CT molecular complexity index is 1500. The minimum absolute atomic E-state index is 0.0485. The molecule has 2 heterocycles. The van der Waals surface area contributed by atoms with Crippen LogP contribution in [0.4, 0.5) is 4.39 Å². The van der Waals surface area contributed by atoms with Crippen molar-refractivity contribution in [1.82, 2.24) is 19.6 Å². The number of carbonyl (C=O) groups excluding carboxylic acids is 2. The van der Waals surface area contributed by atoms with Crippen molar-refractivity contribution in [3.63, 3.8) is 0 Å². The van der Waals surface area contributed by atoms with Gasteiger partial charge in [0.2, 0.25) is 0 Å². The van der Waals surface area contributed by atoms with Crippen molar-refractivity contribution in [2.45, 2.75) is 0 Å². The van der Waals surface area contributed by atoms with Gasteiger partial charge in [0.1, 0.15) is 5.82 Å². The largest absolute Gasteiger partial charge is 0.335 e. The Balaban J connectivity index is 1.42. The van der Waals surface area contributed by atoms with Crippen LogP contribution in [0.2, 0.25) is 5.02 Å². The van der Waals surface area contributed by atoms with Crippen LogP contribution in [0.25, 0.3) is 16.5 Å². The molecule has 176 valence electrons. The number of aromatic nitrogens is 2. The number of para-hydroxylation sites is 1. The molecule has 0 unspecified atom stereocenters. The molecule has 9 heteroatoms. The fourth-order valence-electron chi connectivity index (χ4n) is 4.19. The summed E-state index contributed by atoms with van der Waals surface area (Å²) >= 11 is 6.05. The molecule has 3 aromatic carbocycles. The molecule has 0 spiro atoms. The Morgan fingerprint density at radius 3 is 2.06 bits per heavy atom. The van der Waals surface area contributed by atoms with Crippen LogP contribution in [0, 0.1) is 5.82 Å². The molecule has 1 aliphatic rings. The van der Waals surface area contributed by atoms with E-state index in [9.17, 15) is 18.8 Å². The monoisotopic (exact) mass is 490 g/mol. The second-order valence-electron chi connectivity index (χ2n) is 8.16. The second-order valence-corrected chi connectivity index (χ2v) is 8.56. The molecule has 0 atom stereocenters. The molecule has 1 fully saturated rings. The Kier molecular flexibility index (Phi) is 6.05. The van der Waals surface area contributed by atoms with Gasteiger partial charge in [0.25, 0.3) is 17.4 Å². The summed E-state index contributed by atoms with van der Waals surface area (Å²) in [6.07, 6.45) is 0. The first-order chi connectivity index (χ1) is 16.9. The van der Waals surface area contributed by atoms with E-state index in [1.807, 2.05) is 6.07 Å². The van der Waals surface area contributed by atoms with Gasteiger partial charge in [0.15, 0.2) is 5.69 Å². The van der Waals surface area contributed by atoms with Crippen LogP contribution in [-0.2, 0) is 0 Å². The van der Waals surface area contributed by atoms with Crippen molar-refractivity contribution in [2.75, 3.05) is 26.2 Å². The number of piperazine rings is 1. The topological polar surface area (TPSA) is 75.5 Å². The lowest BCUT2D eigenvalue weighted by Gasteiger charge is -2.35. The fraction of sp³-hybridized carbons (Fsp3) is 0.154. The lowest BCUT2D eigenvalue weighted by Crippen LogP contribution is -2.51. The van der Waals surface area contributed by atoms with Gasteiger partial charge < -0.3 is 9.80 Å². The first-order valence-electron chi connectivity index (χ1n) is 11.0. The molecule has 0 aliphatic carbocycles. The average Bonchev–Trinajstić information content (AvgIpc) is 2.89. The van der Waals surface area contributed by atoms with Crippen molar-refractivity contribution in [3.05, 3.63) is 105 Å². The maximum absolute atomic E-state index is 13.5. The standard InChI is InChI=1S/C26H20ClFN4O3/c27-22-16-17(28)10-11-21(22)24(33)30-12-14-31(15-13-30)26(35)23-19-8-4-5-9-20(19)25(34)32(29-23)18-6-2-1-3-7-18/h1-11,16H,12-15H2. The third kappa shape index (κ3) is 4.28. The van der Waals surface area contributed by atoms with Gasteiger partial charge in [-0.3, -0.25) is 14.4 Å². The minimum Gasteiger partial charge on any atom is -0.335 e. The summed E-state index contributed by atoms with van der Waals surface area (Å²) in [6.45, 7) is 1.14. The molecule has 0 radical (unpaired) electrons. The van der Waals surface area contributed by atoms with E-state index in [1.54, 1.807) is 58.3 Å². The number of hydrogen-bond donors (Lipinski definition) is 0. The maximum atomic E-state index is 13.5. The highest BCUT2D eigenvalue weighted by molar-refractivity contribution is 6.33. The first kappa shape index (κ1) is 22.7. The van der Waals surface area contributed by atoms with Gasteiger partial charge in [0.05, 0.1) is 21.7 Å². The Morgan fingerprint density at radius 2 is 1.40 bits per heavy atom. The first-order valence-corrected chi connectivity index (χ1v) is 11.4. The normalized spacial score (nSPS) is 13.8. The van der Waals surface area contributed by atoms with E-state index in [1.165, 1.54) is 16.8 Å². The van der Waals surface area contributed by atoms with Gasteiger partial charge >= 0.3 is 0 Å². The van der Waals surface area contributed by atoms with Gasteiger partial charge in [-0.2, -0.15) is 9.78 Å². The third-order valence-electron chi connectivity index (χ3n) is 6.02. The van der Waals surface area contributed by atoms with E-state index in [4.69, 9.17) is 11.6 Å². The van der Waals surface area contributed by atoms with Gasteiger partial charge in [-0.15, -0.1) is 0 Å². The summed E-state index contributed by atoms with van der Waals surface area (Å²) in [7, 11) is 0. The molecule has 1 aromatic heterocycles. The zero-order chi connectivity index (χ0) is 24.5. The predicted octanol–water partition coefficient (Wildman–Crippen LogP) is 3.78. The average molecular weight is 491 g/mol. The van der Waals surface area contributed by atoms with E-state index in [-0.39, 0.29) is 59.8 Å². The highest BCUT2D eigenvalue weighted by Crippen LogP contribution is 2.21. The van der Waals surface area contributed by atoms with Gasteiger partial charge in [-0.1, -0.05) is 48.0 Å². The maximum Gasteiger partial charge on any atom is 0.279 e. The molecule has 5 rings (SSSR count). The van der Waals surface area contributed by atoms with E-state index >= 15 is 0 Å². The summed E-state index contributed by atoms with van der Waals surface area (Å²) in [5.74, 6) is -1.15. The van der Waals surface area contributed by atoms with Crippen LogP contribution in [-0.4, -0.2) is 57.6 Å².